The van der Waals surface area contributed by atoms with E-state index in [-0.39, 0.29) is 0 Å². The van der Waals surface area contributed by atoms with Gasteiger partial charge in [-0.2, -0.15) is 0 Å². The zero-order chi connectivity index (χ0) is 9.68. The normalized spacial score (nSPS) is 10.7. The van der Waals surface area contributed by atoms with Gasteiger partial charge in [0.05, 0.1) is 0 Å². The van der Waals surface area contributed by atoms with Crippen LogP contribution < -0.4 is 0 Å². The van der Waals surface area contributed by atoms with Crippen LogP contribution in [0.1, 0.15) is 5.56 Å². The lowest BCUT2D eigenvalue weighted by atomic mass is 10.1. The Morgan fingerprint density at radius 1 is 1.38 bits per heavy atom. The molecule has 0 amide bonds. The van der Waals surface area contributed by atoms with Crippen LogP contribution in [0.2, 0.25) is 5.02 Å². The Bertz CT molecular complexity index is 292. The SMILES string of the molecule is CN(C)C=CCc1cccc(Cl)c1. The van der Waals surface area contributed by atoms with Crippen LogP contribution in [0.5, 0.6) is 0 Å². The highest BCUT2D eigenvalue weighted by atomic mass is 35.5. The smallest absolute Gasteiger partial charge is 0.0408 e. The molecule has 13 heavy (non-hydrogen) atoms. The Hall–Kier alpha value is -0.950. The van der Waals surface area contributed by atoms with Crippen LogP contribution >= 0.6 is 11.6 Å². The first kappa shape index (κ1) is 10.1. The summed E-state index contributed by atoms with van der Waals surface area (Å²) < 4.78 is 0. The lowest BCUT2D eigenvalue weighted by Crippen LogP contribution is -2.00. The second-order valence-corrected chi connectivity index (χ2v) is 3.62. The molecule has 1 rings (SSSR count). The van der Waals surface area contributed by atoms with E-state index in [1.807, 2.05) is 43.4 Å². The molecule has 0 saturated heterocycles. The molecule has 0 aliphatic heterocycles. The molecular formula is C11H14ClN. The molecule has 0 aromatic heterocycles. The summed E-state index contributed by atoms with van der Waals surface area (Å²) in [5.74, 6) is 0. The van der Waals surface area contributed by atoms with Gasteiger partial charge < -0.3 is 4.90 Å². The van der Waals surface area contributed by atoms with Crippen LogP contribution in [0.4, 0.5) is 0 Å². The fraction of sp³-hybridized carbons (Fsp3) is 0.273. The first-order chi connectivity index (χ1) is 6.18. The fourth-order valence-corrected chi connectivity index (χ4v) is 1.28. The van der Waals surface area contributed by atoms with Crippen molar-refractivity contribution in [3.05, 3.63) is 47.1 Å². The third-order valence-electron chi connectivity index (χ3n) is 1.65. The molecule has 0 aliphatic rings. The van der Waals surface area contributed by atoms with Crippen LogP contribution in [0.25, 0.3) is 0 Å². The van der Waals surface area contributed by atoms with Gasteiger partial charge >= 0.3 is 0 Å². The van der Waals surface area contributed by atoms with E-state index in [9.17, 15) is 0 Å². The largest absolute Gasteiger partial charge is 0.384 e. The van der Waals surface area contributed by atoms with Gasteiger partial charge in [-0.05, 0) is 30.3 Å². The van der Waals surface area contributed by atoms with Gasteiger partial charge in [-0.15, -0.1) is 0 Å². The summed E-state index contributed by atoms with van der Waals surface area (Å²) in [6.07, 6.45) is 5.09. The summed E-state index contributed by atoms with van der Waals surface area (Å²) in [5.41, 5.74) is 1.24. The van der Waals surface area contributed by atoms with Gasteiger partial charge in [-0.1, -0.05) is 29.8 Å². The molecule has 0 bridgehead atoms. The zero-order valence-electron chi connectivity index (χ0n) is 8.00. The van der Waals surface area contributed by atoms with Crippen molar-refractivity contribution >= 4 is 11.6 Å². The molecule has 2 heteroatoms. The van der Waals surface area contributed by atoms with E-state index < -0.39 is 0 Å². The average Bonchev–Trinajstić information content (AvgIpc) is 2.03. The summed E-state index contributed by atoms with van der Waals surface area (Å²) in [5, 5.41) is 0.802. The van der Waals surface area contributed by atoms with Gasteiger partial charge in [0, 0.05) is 19.1 Å². The summed E-state index contributed by atoms with van der Waals surface area (Å²) in [4.78, 5) is 2.02. The first-order valence-corrected chi connectivity index (χ1v) is 4.64. The van der Waals surface area contributed by atoms with Gasteiger partial charge in [0.1, 0.15) is 0 Å². The summed E-state index contributed by atoms with van der Waals surface area (Å²) in [7, 11) is 4.02. The molecule has 0 spiro atoms. The number of rotatable bonds is 3. The number of hydrogen-bond donors (Lipinski definition) is 0. The molecule has 0 radical (unpaired) electrons. The number of halogens is 1. The van der Waals surface area contributed by atoms with Gasteiger partial charge in [-0.3, -0.25) is 0 Å². The van der Waals surface area contributed by atoms with E-state index in [1.54, 1.807) is 0 Å². The highest BCUT2D eigenvalue weighted by Gasteiger charge is 1.90. The van der Waals surface area contributed by atoms with Gasteiger partial charge in [0.2, 0.25) is 0 Å². The lowest BCUT2D eigenvalue weighted by Gasteiger charge is -2.03. The molecule has 1 nitrogen and oxygen atoms in total. The third kappa shape index (κ3) is 4.00. The van der Waals surface area contributed by atoms with E-state index in [2.05, 4.69) is 12.1 Å². The van der Waals surface area contributed by atoms with Crippen LogP contribution in [-0.2, 0) is 6.42 Å². The van der Waals surface area contributed by atoms with E-state index >= 15 is 0 Å². The molecule has 0 unspecified atom stereocenters. The highest BCUT2D eigenvalue weighted by Crippen LogP contribution is 2.11. The van der Waals surface area contributed by atoms with E-state index in [4.69, 9.17) is 11.6 Å². The summed E-state index contributed by atoms with van der Waals surface area (Å²) in [6.45, 7) is 0. The van der Waals surface area contributed by atoms with Gasteiger partial charge in [0.15, 0.2) is 0 Å². The molecule has 0 aliphatic carbocycles. The number of hydrogen-bond acceptors (Lipinski definition) is 1. The van der Waals surface area contributed by atoms with Crippen LogP contribution in [0.3, 0.4) is 0 Å². The van der Waals surface area contributed by atoms with Crippen molar-refractivity contribution in [1.29, 1.82) is 0 Å². The van der Waals surface area contributed by atoms with Crippen molar-refractivity contribution in [2.45, 2.75) is 6.42 Å². The quantitative estimate of drug-likeness (QED) is 0.717. The second kappa shape index (κ2) is 4.93. The Morgan fingerprint density at radius 3 is 2.77 bits per heavy atom. The number of nitrogens with zero attached hydrogens (tertiary/aromatic N) is 1. The maximum atomic E-state index is 5.85. The predicted molar refractivity (Wildman–Crippen MR) is 58.0 cm³/mol. The monoisotopic (exact) mass is 195 g/mol. The first-order valence-electron chi connectivity index (χ1n) is 4.26. The molecule has 0 saturated carbocycles. The van der Waals surface area contributed by atoms with E-state index in [0.717, 1.165) is 11.4 Å². The van der Waals surface area contributed by atoms with Crippen molar-refractivity contribution in [3.63, 3.8) is 0 Å². The minimum absolute atomic E-state index is 0.802. The van der Waals surface area contributed by atoms with Crippen molar-refractivity contribution in [2.75, 3.05) is 14.1 Å². The molecule has 1 aromatic rings. The Kier molecular flexibility index (Phi) is 3.84. The minimum Gasteiger partial charge on any atom is -0.384 e. The molecular weight excluding hydrogens is 182 g/mol. The van der Waals surface area contributed by atoms with Crippen molar-refractivity contribution in [1.82, 2.24) is 4.90 Å². The van der Waals surface area contributed by atoms with Gasteiger partial charge in [0.25, 0.3) is 0 Å². The molecule has 0 atom stereocenters. The molecule has 1 aromatic carbocycles. The third-order valence-corrected chi connectivity index (χ3v) is 1.88. The van der Waals surface area contributed by atoms with E-state index in [0.29, 0.717) is 0 Å². The van der Waals surface area contributed by atoms with Crippen LogP contribution in [0.15, 0.2) is 36.5 Å². The topological polar surface area (TPSA) is 3.24 Å². The Balaban J connectivity index is 2.55. The standard InChI is InChI=1S/C11H14ClN/c1-13(2)8-4-6-10-5-3-7-11(12)9-10/h3-5,7-9H,6H2,1-2H3. The maximum Gasteiger partial charge on any atom is 0.0408 e. The van der Waals surface area contributed by atoms with Crippen LogP contribution in [-0.4, -0.2) is 19.0 Å². The van der Waals surface area contributed by atoms with Gasteiger partial charge in [-0.25, -0.2) is 0 Å². The fourth-order valence-electron chi connectivity index (χ4n) is 1.06. The highest BCUT2D eigenvalue weighted by molar-refractivity contribution is 6.30. The molecule has 0 fully saturated rings. The Labute approximate surface area is 84.6 Å². The number of benzene rings is 1. The van der Waals surface area contributed by atoms with Crippen molar-refractivity contribution < 1.29 is 0 Å². The minimum atomic E-state index is 0.802. The lowest BCUT2D eigenvalue weighted by molar-refractivity contribution is 0.562. The number of allylic oxidation sites excluding steroid dienone is 1. The molecule has 0 N–H and O–H groups in total. The zero-order valence-corrected chi connectivity index (χ0v) is 8.75. The second-order valence-electron chi connectivity index (χ2n) is 3.18. The summed E-state index contributed by atoms with van der Waals surface area (Å²) >= 11 is 5.85. The van der Waals surface area contributed by atoms with Crippen molar-refractivity contribution in [3.8, 4) is 0 Å². The Morgan fingerprint density at radius 2 is 2.15 bits per heavy atom. The molecule has 0 heterocycles. The van der Waals surface area contributed by atoms with Crippen LogP contribution in [0, 0.1) is 0 Å². The van der Waals surface area contributed by atoms with E-state index in [1.165, 1.54) is 5.56 Å². The van der Waals surface area contributed by atoms with Crippen molar-refractivity contribution in [2.24, 2.45) is 0 Å². The predicted octanol–water partition coefficient (Wildman–Crippen LogP) is 2.96. The maximum absolute atomic E-state index is 5.85. The average molecular weight is 196 g/mol. The molecule has 70 valence electrons. The summed E-state index contributed by atoms with van der Waals surface area (Å²) in [6, 6.07) is 7.93.